The Morgan fingerprint density at radius 2 is 1.93 bits per heavy atom. The summed E-state index contributed by atoms with van der Waals surface area (Å²) in [4.78, 5) is 24.6. The number of hydrogen-bond acceptors (Lipinski definition) is 7. The number of nitro groups is 1. The molecule has 0 aliphatic carbocycles. The number of rotatable bonds is 9. The minimum absolute atomic E-state index is 0.192. The van der Waals surface area contributed by atoms with Crippen molar-refractivity contribution in [3.8, 4) is 11.5 Å². The number of aryl methyl sites for hydroxylation is 1. The summed E-state index contributed by atoms with van der Waals surface area (Å²) in [5.74, 6) is -0.997. The maximum absolute atomic E-state index is 12.8. The molecule has 146 valence electrons. The highest BCUT2D eigenvalue weighted by atomic mass is 32.1. The zero-order valence-corrected chi connectivity index (χ0v) is 16.6. The molecular weight excluding hydrogens is 370 g/mol. The quantitative estimate of drug-likeness (QED) is 0.366. The lowest BCUT2D eigenvalue weighted by Crippen LogP contribution is -2.27. The van der Waals surface area contributed by atoms with Crippen LogP contribution in [0.25, 0.3) is 0 Å². The van der Waals surface area contributed by atoms with Gasteiger partial charge in [-0.25, -0.2) is 0 Å². The number of ether oxygens (including phenoxy) is 3. The summed E-state index contributed by atoms with van der Waals surface area (Å²) >= 11 is 1.41. The van der Waals surface area contributed by atoms with Crippen molar-refractivity contribution < 1.29 is 23.9 Å². The number of esters is 1. The van der Waals surface area contributed by atoms with Gasteiger partial charge in [0.25, 0.3) is 0 Å². The first-order valence-electron chi connectivity index (χ1n) is 8.47. The molecule has 2 unspecified atom stereocenters. The summed E-state index contributed by atoms with van der Waals surface area (Å²) in [5, 5.41) is 13.2. The fraction of sp³-hybridized carbons (Fsp3) is 0.421. The molecule has 1 aromatic heterocycles. The summed E-state index contributed by atoms with van der Waals surface area (Å²) in [6.07, 6.45) is 0. The van der Waals surface area contributed by atoms with Gasteiger partial charge in [-0.3, -0.25) is 14.9 Å². The standard InChI is InChI=1S/C19H23NO6S/c1-5-26-19(21)17(13-6-7-15(24-3)16(10-13)25-4)14(11-20(22)23)18-12(2)8-9-27-18/h6-10,14,17H,5,11H2,1-4H3. The van der Waals surface area contributed by atoms with Crippen molar-refractivity contribution in [1.82, 2.24) is 0 Å². The molecule has 0 saturated heterocycles. The molecule has 0 aliphatic rings. The van der Waals surface area contributed by atoms with Crippen molar-refractivity contribution in [2.24, 2.45) is 0 Å². The van der Waals surface area contributed by atoms with Gasteiger partial charge in [0.05, 0.1) is 32.7 Å². The van der Waals surface area contributed by atoms with Crippen molar-refractivity contribution in [3.05, 3.63) is 55.8 Å². The van der Waals surface area contributed by atoms with Gasteiger partial charge in [0.2, 0.25) is 6.54 Å². The fourth-order valence-electron chi connectivity index (χ4n) is 3.08. The number of thiophene rings is 1. The van der Waals surface area contributed by atoms with E-state index in [2.05, 4.69) is 0 Å². The van der Waals surface area contributed by atoms with E-state index in [-0.39, 0.29) is 13.2 Å². The summed E-state index contributed by atoms with van der Waals surface area (Å²) in [7, 11) is 3.02. The summed E-state index contributed by atoms with van der Waals surface area (Å²) < 4.78 is 15.8. The normalized spacial score (nSPS) is 12.9. The van der Waals surface area contributed by atoms with Gasteiger partial charge in [0.1, 0.15) is 0 Å². The number of methoxy groups -OCH3 is 2. The second-order valence-electron chi connectivity index (χ2n) is 5.93. The van der Waals surface area contributed by atoms with Crippen LogP contribution in [0.3, 0.4) is 0 Å². The maximum atomic E-state index is 12.8. The van der Waals surface area contributed by atoms with Crippen molar-refractivity contribution in [1.29, 1.82) is 0 Å². The Morgan fingerprint density at radius 1 is 1.22 bits per heavy atom. The van der Waals surface area contributed by atoms with E-state index < -0.39 is 22.7 Å². The van der Waals surface area contributed by atoms with Gasteiger partial charge in [-0.1, -0.05) is 6.07 Å². The molecule has 0 saturated carbocycles. The molecule has 0 spiro atoms. The van der Waals surface area contributed by atoms with Crippen LogP contribution in [-0.2, 0) is 9.53 Å². The average molecular weight is 393 g/mol. The van der Waals surface area contributed by atoms with Crippen LogP contribution < -0.4 is 9.47 Å². The van der Waals surface area contributed by atoms with E-state index in [1.54, 1.807) is 25.1 Å². The molecule has 0 aliphatic heterocycles. The SMILES string of the molecule is CCOC(=O)C(c1ccc(OC)c(OC)c1)C(C[N+](=O)[O-])c1sccc1C. The van der Waals surface area contributed by atoms with Gasteiger partial charge in [0.15, 0.2) is 11.5 Å². The predicted octanol–water partition coefficient (Wildman–Crippen LogP) is 3.78. The Labute approximate surface area is 162 Å². The highest BCUT2D eigenvalue weighted by molar-refractivity contribution is 7.10. The Hall–Kier alpha value is -2.61. The van der Waals surface area contributed by atoms with E-state index >= 15 is 0 Å². The molecule has 0 N–H and O–H groups in total. The third-order valence-corrected chi connectivity index (χ3v) is 5.44. The molecule has 8 heteroatoms. The maximum Gasteiger partial charge on any atom is 0.314 e. The van der Waals surface area contributed by atoms with Gasteiger partial charge < -0.3 is 14.2 Å². The fourth-order valence-corrected chi connectivity index (χ4v) is 4.13. The van der Waals surface area contributed by atoms with Crippen molar-refractivity contribution in [3.63, 3.8) is 0 Å². The van der Waals surface area contributed by atoms with Crippen LogP contribution >= 0.6 is 11.3 Å². The monoisotopic (exact) mass is 393 g/mol. The van der Waals surface area contributed by atoms with Crippen molar-refractivity contribution >= 4 is 17.3 Å². The summed E-state index contributed by atoms with van der Waals surface area (Å²) in [5.41, 5.74) is 1.51. The first-order chi connectivity index (χ1) is 12.9. The van der Waals surface area contributed by atoms with Gasteiger partial charge in [-0.05, 0) is 48.6 Å². The van der Waals surface area contributed by atoms with Crippen LogP contribution in [0.4, 0.5) is 0 Å². The van der Waals surface area contributed by atoms with Crippen LogP contribution in [0.1, 0.15) is 34.8 Å². The van der Waals surface area contributed by atoms with Crippen LogP contribution in [0.5, 0.6) is 11.5 Å². The second kappa shape index (κ2) is 9.36. The number of nitrogens with zero attached hydrogens (tertiary/aromatic N) is 1. The largest absolute Gasteiger partial charge is 0.493 e. The number of hydrogen-bond donors (Lipinski definition) is 0. The summed E-state index contributed by atoms with van der Waals surface area (Å²) in [6.45, 7) is 3.41. The molecule has 0 radical (unpaired) electrons. The van der Waals surface area contributed by atoms with Crippen molar-refractivity contribution in [2.75, 3.05) is 27.4 Å². The lowest BCUT2D eigenvalue weighted by Gasteiger charge is -2.24. The molecule has 2 rings (SSSR count). The number of benzene rings is 1. The minimum Gasteiger partial charge on any atom is -0.493 e. The third-order valence-electron chi connectivity index (χ3n) is 4.29. The van der Waals surface area contributed by atoms with Crippen LogP contribution in [0, 0.1) is 17.0 Å². The van der Waals surface area contributed by atoms with Gasteiger partial charge >= 0.3 is 5.97 Å². The lowest BCUT2D eigenvalue weighted by atomic mass is 9.83. The lowest BCUT2D eigenvalue weighted by molar-refractivity contribution is -0.483. The van der Waals surface area contributed by atoms with Gasteiger partial charge in [0, 0.05) is 9.80 Å². The molecular formula is C19H23NO6S. The van der Waals surface area contributed by atoms with E-state index in [4.69, 9.17) is 14.2 Å². The summed E-state index contributed by atoms with van der Waals surface area (Å²) in [6, 6.07) is 6.98. The molecule has 2 aromatic rings. The Morgan fingerprint density at radius 3 is 2.44 bits per heavy atom. The van der Waals surface area contributed by atoms with E-state index in [9.17, 15) is 14.9 Å². The van der Waals surface area contributed by atoms with Crippen LogP contribution in [0.15, 0.2) is 29.6 Å². The van der Waals surface area contributed by atoms with Crippen LogP contribution in [0.2, 0.25) is 0 Å². The molecule has 27 heavy (non-hydrogen) atoms. The molecule has 2 atom stereocenters. The highest BCUT2D eigenvalue weighted by Gasteiger charge is 2.37. The zero-order valence-electron chi connectivity index (χ0n) is 15.8. The van der Waals surface area contributed by atoms with Crippen molar-refractivity contribution in [2.45, 2.75) is 25.7 Å². The van der Waals surface area contributed by atoms with E-state index in [0.717, 1.165) is 10.4 Å². The Bertz CT molecular complexity index is 803. The molecule has 1 heterocycles. The zero-order chi connectivity index (χ0) is 20.0. The minimum atomic E-state index is -0.826. The molecule has 0 fully saturated rings. The van der Waals surface area contributed by atoms with Gasteiger partial charge in [-0.15, -0.1) is 11.3 Å². The molecule has 0 amide bonds. The van der Waals surface area contributed by atoms with E-state index in [1.807, 2.05) is 18.4 Å². The molecule has 0 bridgehead atoms. The van der Waals surface area contributed by atoms with Gasteiger partial charge in [-0.2, -0.15) is 0 Å². The Balaban J connectivity index is 2.59. The average Bonchev–Trinajstić information content (AvgIpc) is 3.06. The number of carbonyl (C=O) groups excluding carboxylic acids is 1. The second-order valence-corrected chi connectivity index (χ2v) is 6.88. The van der Waals surface area contributed by atoms with E-state index in [1.165, 1.54) is 25.6 Å². The third kappa shape index (κ3) is 4.77. The Kier molecular flexibility index (Phi) is 7.18. The first-order valence-corrected chi connectivity index (χ1v) is 9.35. The topological polar surface area (TPSA) is 87.9 Å². The molecule has 7 nitrogen and oxygen atoms in total. The smallest absolute Gasteiger partial charge is 0.314 e. The molecule has 1 aromatic carbocycles. The first kappa shape index (κ1) is 20.7. The number of carbonyl (C=O) groups is 1. The van der Waals surface area contributed by atoms with Crippen LogP contribution in [-0.4, -0.2) is 38.3 Å². The highest BCUT2D eigenvalue weighted by Crippen LogP contribution is 2.41. The van der Waals surface area contributed by atoms with E-state index in [0.29, 0.717) is 17.1 Å². The predicted molar refractivity (Wildman–Crippen MR) is 103 cm³/mol.